The number of carbonyl (C=O) groups excluding carboxylic acids is 2. The number of aliphatic hydroxyl groups is 3. The van der Waals surface area contributed by atoms with Crippen LogP contribution in [-0.2, 0) is 9.59 Å². The number of rotatable bonds is 51. The van der Waals surface area contributed by atoms with Crippen LogP contribution >= 0.6 is 0 Å². The Morgan fingerprint density at radius 3 is 0.823 bits per heavy atom. The van der Waals surface area contributed by atoms with Gasteiger partial charge >= 0.3 is 0 Å². The predicted octanol–water partition coefficient (Wildman–Crippen LogP) is 17.3. The van der Waals surface area contributed by atoms with E-state index < -0.39 is 29.4 Å². The zero-order valence-electron chi connectivity index (χ0n) is 42.0. The van der Waals surface area contributed by atoms with Gasteiger partial charge in [0.25, 0.3) is 0 Å². The summed E-state index contributed by atoms with van der Waals surface area (Å²) >= 11 is 0. The van der Waals surface area contributed by atoms with Crippen LogP contribution in [0.15, 0.2) is 24.3 Å². The summed E-state index contributed by atoms with van der Waals surface area (Å²) in [4.78, 5) is 27.5. The number of carbonyl (C=O) groups is 2. The Morgan fingerprint density at radius 1 is 0.323 bits per heavy atom. The number of Topliss-reactive ketones (excluding diaryl/α,β-unsaturated/α-hetero) is 2. The van der Waals surface area contributed by atoms with Gasteiger partial charge in [0.1, 0.15) is 0 Å². The first-order chi connectivity index (χ1) is 30.3. The zero-order chi connectivity index (χ0) is 45.5. The molecule has 0 aliphatic rings. The van der Waals surface area contributed by atoms with Crippen molar-refractivity contribution in [1.29, 1.82) is 0 Å². The summed E-state index contributed by atoms with van der Waals surface area (Å²) in [6, 6.07) is 0. The second-order valence-electron chi connectivity index (χ2n) is 19.4. The molecule has 0 saturated carbocycles. The number of ketones is 2. The predicted molar refractivity (Wildman–Crippen MR) is 270 cm³/mol. The van der Waals surface area contributed by atoms with Crippen LogP contribution in [0.2, 0.25) is 0 Å². The number of unbranched alkanes of at least 4 members (excludes halogenated alkanes) is 37. The van der Waals surface area contributed by atoms with Gasteiger partial charge in [0, 0.05) is 12.8 Å². The third-order valence-corrected chi connectivity index (χ3v) is 13.6. The number of allylic oxidation sites excluding steroid dienone is 4. The van der Waals surface area contributed by atoms with Gasteiger partial charge in [0.05, 0.1) is 6.61 Å². The van der Waals surface area contributed by atoms with Crippen LogP contribution < -0.4 is 0 Å². The lowest BCUT2D eigenvalue weighted by molar-refractivity contribution is -0.192. The van der Waals surface area contributed by atoms with E-state index in [0.29, 0.717) is 19.3 Å². The van der Waals surface area contributed by atoms with Crippen LogP contribution in [0.1, 0.15) is 310 Å². The monoisotopic (exact) mass is 873 g/mol. The summed E-state index contributed by atoms with van der Waals surface area (Å²) in [5.74, 6) is -1.07. The second-order valence-corrected chi connectivity index (χ2v) is 19.4. The largest absolute Gasteiger partial charge is 0.393 e. The molecule has 5 heteroatoms. The van der Waals surface area contributed by atoms with Gasteiger partial charge in [-0.05, 0) is 77.0 Å². The van der Waals surface area contributed by atoms with Crippen molar-refractivity contribution in [3.8, 4) is 0 Å². The minimum Gasteiger partial charge on any atom is -0.393 e. The quantitative estimate of drug-likeness (QED) is 0.0418. The molecule has 0 saturated heterocycles. The van der Waals surface area contributed by atoms with E-state index in [1.54, 1.807) is 0 Å². The van der Waals surface area contributed by atoms with Crippen LogP contribution in [0, 0.1) is 0 Å². The molecule has 0 aliphatic heterocycles. The van der Waals surface area contributed by atoms with E-state index in [0.717, 1.165) is 83.5 Å². The molecule has 2 unspecified atom stereocenters. The fourth-order valence-corrected chi connectivity index (χ4v) is 9.08. The fourth-order valence-electron chi connectivity index (χ4n) is 9.08. The lowest BCUT2D eigenvalue weighted by Crippen LogP contribution is -2.65. The summed E-state index contributed by atoms with van der Waals surface area (Å²) in [5, 5.41) is 34.3. The highest BCUT2D eigenvalue weighted by molar-refractivity contribution is 5.99. The van der Waals surface area contributed by atoms with Crippen LogP contribution in [0.4, 0.5) is 0 Å². The van der Waals surface area contributed by atoms with Gasteiger partial charge in [-0.25, -0.2) is 0 Å². The van der Waals surface area contributed by atoms with Gasteiger partial charge in [0.15, 0.2) is 22.8 Å². The van der Waals surface area contributed by atoms with E-state index in [1.807, 2.05) is 0 Å². The number of aliphatic hydroxyl groups excluding tert-OH is 1. The van der Waals surface area contributed by atoms with E-state index in [2.05, 4.69) is 45.1 Å². The third-order valence-electron chi connectivity index (χ3n) is 13.6. The molecule has 0 rings (SSSR count). The van der Waals surface area contributed by atoms with Gasteiger partial charge in [-0.2, -0.15) is 0 Å². The molecule has 0 spiro atoms. The molecule has 0 radical (unpaired) electrons. The topological polar surface area (TPSA) is 94.8 Å². The minimum absolute atomic E-state index is 0.0184. The van der Waals surface area contributed by atoms with Gasteiger partial charge in [-0.3, -0.25) is 9.59 Å². The molecule has 0 bridgehead atoms. The molecule has 2 atom stereocenters. The summed E-state index contributed by atoms with van der Waals surface area (Å²) in [5.41, 5.74) is -4.71. The van der Waals surface area contributed by atoms with E-state index >= 15 is 0 Å². The van der Waals surface area contributed by atoms with Gasteiger partial charge in [-0.1, -0.05) is 244 Å². The molecular formula is C57H108O5. The molecule has 3 N–H and O–H groups in total. The average molecular weight is 873 g/mol. The first-order valence-electron chi connectivity index (χ1n) is 27.8. The highest BCUT2D eigenvalue weighted by atomic mass is 16.4. The van der Waals surface area contributed by atoms with Crippen LogP contribution in [0.25, 0.3) is 0 Å². The summed E-state index contributed by atoms with van der Waals surface area (Å²) < 4.78 is 0. The lowest BCUT2D eigenvalue weighted by atomic mass is 9.71. The Labute approximate surface area is 387 Å². The third kappa shape index (κ3) is 34.1. The molecule has 0 amide bonds. The molecule has 0 heterocycles. The Hall–Kier alpha value is -1.30. The van der Waals surface area contributed by atoms with E-state index in [9.17, 15) is 24.9 Å². The number of hydrogen-bond acceptors (Lipinski definition) is 5. The number of hydrogen-bond donors (Lipinski definition) is 3. The van der Waals surface area contributed by atoms with Gasteiger partial charge in [-0.15, -0.1) is 0 Å². The molecule has 0 aliphatic carbocycles. The smallest absolute Gasteiger partial charge is 0.181 e. The van der Waals surface area contributed by atoms with Crippen molar-refractivity contribution in [3.63, 3.8) is 0 Å². The second kappa shape index (κ2) is 46.2. The molecule has 5 nitrogen and oxygen atoms in total. The van der Waals surface area contributed by atoms with Crippen molar-refractivity contribution in [3.05, 3.63) is 24.3 Å². The summed E-state index contributed by atoms with van der Waals surface area (Å²) in [7, 11) is 0. The van der Waals surface area contributed by atoms with Crippen molar-refractivity contribution in [2.24, 2.45) is 0 Å². The highest BCUT2D eigenvalue weighted by Gasteiger charge is 2.57. The van der Waals surface area contributed by atoms with Gasteiger partial charge in [0.2, 0.25) is 0 Å². The Bertz CT molecular complexity index is 1020. The molecule has 366 valence electrons. The van der Waals surface area contributed by atoms with E-state index in [1.165, 1.54) is 167 Å². The Balaban J connectivity index is 4.80. The van der Waals surface area contributed by atoms with Gasteiger partial charge < -0.3 is 15.3 Å². The molecule has 0 aromatic heterocycles. The average Bonchev–Trinajstić information content (AvgIpc) is 3.28. The maximum absolute atomic E-state index is 13.8. The normalized spacial score (nSPS) is 14.0. The minimum atomic E-state index is -2.46. The van der Waals surface area contributed by atoms with Crippen LogP contribution in [0.5, 0.6) is 0 Å². The molecule has 0 aromatic rings. The Morgan fingerprint density at radius 2 is 0.548 bits per heavy atom. The summed E-state index contributed by atoms with van der Waals surface area (Å²) in [6.45, 7) is 5.86. The first-order valence-corrected chi connectivity index (χ1v) is 27.8. The summed E-state index contributed by atoms with van der Waals surface area (Å²) in [6.07, 6.45) is 59.0. The molecular weight excluding hydrogens is 765 g/mol. The molecule has 62 heavy (non-hydrogen) atoms. The lowest BCUT2D eigenvalue weighted by Gasteiger charge is -2.40. The van der Waals surface area contributed by atoms with Crippen molar-refractivity contribution >= 4 is 11.6 Å². The van der Waals surface area contributed by atoms with Crippen LogP contribution in [0.3, 0.4) is 0 Å². The first kappa shape index (κ1) is 60.7. The van der Waals surface area contributed by atoms with E-state index in [-0.39, 0.29) is 19.3 Å². The molecule has 0 aromatic carbocycles. The van der Waals surface area contributed by atoms with Crippen molar-refractivity contribution in [2.75, 3.05) is 6.61 Å². The zero-order valence-corrected chi connectivity index (χ0v) is 42.0. The molecule has 0 fully saturated rings. The van der Waals surface area contributed by atoms with Crippen LogP contribution in [-0.4, -0.2) is 44.7 Å². The van der Waals surface area contributed by atoms with Crippen molar-refractivity contribution in [2.45, 2.75) is 321 Å². The highest BCUT2D eigenvalue weighted by Crippen LogP contribution is 2.34. The maximum Gasteiger partial charge on any atom is 0.181 e. The maximum atomic E-state index is 13.8. The standard InChI is InChI=1S/C57H108O5/c1-4-7-10-13-16-19-22-25-28-31-34-37-40-43-46-49-52-56(61,54(59)50-47-44-41-38-35-32-29-26-23-20-17-14-11-8-5-2)57(62,53-58)55(60)51-48-45-42-39-36-33-30-27-24-21-18-15-12-9-6-3/h26-27,29-30,58,61-62H,4-25,28,31-53H2,1-3H3. The van der Waals surface area contributed by atoms with Crippen molar-refractivity contribution in [1.82, 2.24) is 0 Å². The SMILES string of the molecule is CCCCCCCCC=CCCCCCCCC(=O)C(O)(CO)C(O)(CCCCCCCCCCCCCCCCCC)C(=O)CCCCCCCC=CCCCCCCCC. The van der Waals surface area contributed by atoms with Crippen molar-refractivity contribution < 1.29 is 24.9 Å². The Kier molecular flexibility index (Phi) is 45.3. The fraction of sp³-hybridized carbons (Fsp3) is 0.895. The van der Waals surface area contributed by atoms with E-state index in [4.69, 9.17) is 0 Å².